The van der Waals surface area contributed by atoms with Crippen molar-refractivity contribution in [2.24, 2.45) is 0 Å². The molecule has 1 N–H and O–H groups in total. The molecule has 3 heteroatoms. The van der Waals surface area contributed by atoms with Crippen LogP contribution < -0.4 is 5.32 Å². The van der Waals surface area contributed by atoms with Crippen molar-refractivity contribution >= 4 is 5.69 Å². The van der Waals surface area contributed by atoms with E-state index in [0.717, 1.165) is 17.8 Å². The van der Waals surface area contributed by atoms with Gasteiger partial charge in [-0.1, -0.05) is 24.3 Å². The van der Waals surface area contributed by atoms with Gasteiger partial charge in [-0.15, -0.1) is 0 Å². The Kier molecular flexibility index (Phi) is 4.97. The van der Waals surface area contributed by atoms with Crippen LogP contribution in [0.25, 0.3) is 0 Å². The summed E-state index contributed by atoms with van der Waals surface area (Å²) in [4.78, 5) is 2.15. The van der Waals surface area contributed by atoms with Gasteiger partial charge in [-0.05, 0) is 56.4 Å². The topological polar surface area (TPSA) is 39.1 Å². The molecule has 0 heterocycles. The van der Waals surface area contributed by atoms with Crippen LogP contribution in [-0.2, 0) is 6.54 Å². The van der Waals surface area contributed by atoms with Gasteiger partial charge in [0.25, 0.3) is 0 Å². The molecule has 0 spiro atoms. The summed E-state index contributed by atoms with van der Waals surface area (Å²) >= 11 is 0. The zero-order valence-electron chi connectivity index (χ0n) is 12.8. The van der Waals surface area contributed by atoms with Crippen molar-refractivity contribution in [1.82, 2.24) is 4.90 Å². The minimum Gasteiger partial charge on any atom is -0.379 e. The summed E-state index contributed by atoms with van der Waals surface area (Å²) in [6.07, 6.45) is 0. The first-order valence-electron chi connectivity index (χ1n) is 7.09. The molecule has 108 valence electrons. The highest BCUT2D eigenvalue weighted by atomic mass is 15.0. The zero-order chi connectivity index (χ0) is 15.2. The molecule has 0 fully saturated rings. The van der Waals surface area contributed by atoms with Gasteiger partial charge in [-0.25, -0.2) is 0 Å². The number of anilines is 1. The van der Waals surface area contributed by atoms with Crippen LogP contribution in [0.2, 0.25) is 0 Å². The van der Waals surface area contributed by atoms with Crippen LogP contribution in [0.4, 0.5) is 5.69 Å². The number of hydrogen-bond acceptors (Lipinski definition) is 3. The highest BCUT2D eigenvalue weighted by Crippen LogP contribution is 2.21. The van der Waals surface area contributed by atoms with Gasteiger partial charge in [0.2, 0.25) is 0 Å². The van der Waals surface area contributed by atoms with E-state index in [-0.39, 0.29) is 6.04 Å². The minimum absolute atomic E-state index is 0.160. The monoisotopic (exact) mass is 279 g/mol. The summed E-state index contributed by atoms with van der Waals surface area (Å²) < 4.78 is 0. The molecular formula is C18H21N3. The maximum Gasteiger partial charge on any atom is 0.0991 e. The predicted molar refractivity (Wildman–Crippen MR) is 87.0 cm³/mol. The molecule has 0 bridgehead atoms. The lowest BCUT2D eigenvalue weighted by Crippen LogP contribution is -2.11. The van der Waals surface area contributed by atoms with Gasteiger partial charge in [0, 0.05) is 18.3 Å². The summed E-state index contributed by atoms with van der Waals surface area (Å²) in [5.41, 5.74) is 4.20. The van der Waals surface area contributed by atoms with Gasteiger partial charge in [-0.3, -0.25) is 0 Å². The van der Waals surface area contributed by atoms with E-state index in [1.54, 1.807) is 0 Å². The van der Waals surface area contributed by atoms with E-state index in [0.29, 0.717) is 5.56 Å². The minimum atomic E-state index is 0.160. The van der Waals surface area contributed by atoms with Gasteiger partial charge in [0.05, 0.1) is 11.6 Å². The highest BCUT2D eigenvalue weighted by molar-refractivity contribution is 5.48. The molecule has 0 amide bonds. The molecule has 0 aliphatic carbocycles. The lowest BCUT2D eigenvalue weighted by Gasteiger charge is -2.17. The van der Waals surface area contributed by atoms with Crippen LogP contribution in [0, 0.1) is 11.3 Å². The number of nitrogens with one attached hydrogen (secondary N) is 1. The van der Waals surface area contributed by atoms with Crippen molar-refractivity contribution in [2.75, 3.05) is 19.4 Å². The maximum atomic E-state index is 8.98. The van der Waals surface area contributed by atoms with Crippen LogP contribution in [0.15, 0.2) is 48.5 Å². The van der Waals surface area contributed by atoms with Gasteiger partial charge < -0.3 is 10.2 Å². The fourth-order valence-corrected chi connectivity index (χ4v) is 2.34. The third kappa shape index (κ3) is 4.34. The second-order valence-electron chi connectivity index (χ2n) is 5.54. The largest absolute Gasteiger partial charge is 0.379 e. The smallest absolute Gasteiger partial charge is 0.0991 e. The van der Waals surface area contributed by atoms with Crippen molar-refractivity contribution < 1.29 is 0 Å². The molecule has 0 aliphatic rings. The van der Waals surface area contributed by atoms with E-state index in [1.807, 2.05) is 24.3 Å². The molecule has 0 radical (unpaired) electrons. The fraction of sp³-hybridized carbons (Fsp3) is 0.278. The normalized spacial score (nSPS) is 12.0. The quantitative estimate of drug-likeness (QED) is 0.905. The van der Waals surface area contributed by atoms with Crippen molar-refractivity contribution in [3.8, 4) is 6.07 Å². The van der Waals surface area contributed by atoms with E-state index in [4.69, 9.17) is 5.26 Å². The highest BCUT2D eigenvalue weighted by Gasteiger charge is 2.06. The van der Waals surface area contributed by atoms with Crippen molar-refractivity contribution in [3.05, 3.63) is 65.2 Å². The molecule has 2 rings (SSSR count). The van der Waals surface area contributed by atoms with E-state index in [9.17, 15) is 0 Å². The Hall–Kier alpha value is -2.31. The molecule has 1 unspecified atom stereocenters. The molecular weight excluding hydrogens is 258 g/mol. The number of benzene rings is 2. The average Bonchev–Trinajstić information content (AvgIpc) is 2.47. The number of rotatable bonds is 5. The Morgan fingerprint density at radius 3 is 2.62 bits per heavy atom. The third-order valence-corrected chi connectivity index (χ3v) is 3.32. The van der Waals surface area contributed by atoms with Crippen molar-refractivity contribution in [1.29, 1.82) is 5.26 Å². The van der Waals surface area contributed by atoms with Crippen LogP contribution >= 0.6 is 0 Å². The molecule has 0 saturated heterocycles. The SMILES string of the molecule is CC(Nc1cccc(CN(C)C)c1)c1cccc(C#N)c1. The lowest BCUT2D eigenvalue weighted by atomic mass is 10.1. The van der Waals surface area contributed by atoms with Crippen LogP contribution in [0.1, 0.15) is 29.7 Å². The summed E-state index contributed by atoms with van der Waals surface area (Å²) in [6.45, 7) is 3.03. The average molecular weight is 279 g/mol. The van der Waals surface area contributed by atoms with Crippen LogP contribution in [0.5, 0.6) is 0 Å². The Morgan fingerprint density at radius 1 is 1.14 bits per heavy atom. The predicted octanol–water partition coefficient (Wildman–Crippen LogP) is 3.79. The third-order valence-electron chi connectivity index (χ3n) is 3.32. The van der Waals surface area contributed by atoms with E-state index in [1.165, 1.54) is 5.56 Å². The van der Waals surface area contributed by atoms with Crippen molar-refractivity contribution in [2.45, 2.75) is 19.5 Å². The Labute approximate surface area is 126 Å². The molecule has 1 atom stereocenters. The lowest BCUT2D eigenvalue weighted by molar-refractivity contribution is 0.402. The van der Waals surface area contributed by atoms with Crippen LogP contribution in [0.3, 0.4) is 0 Å². The number of nitriles is 1. The van der Waals surface area contributed by atoms with Gasteiger partial charge in [0.1, 0.15) is 0 Å². The molecule has 0 aromatic heterocycles. The maximum absolute atomic E-state index is 8.98. The first-order chi connectivity index (χ1) is 10.1. The molecule has 0 aliphatic heterocycles. The second-order valence-corrected chi connectivity index (χ2v) is 5.54. The first-order valence-corrected chi connectivity index (χ1v) is 7.09. The van der Waals surface area contributed by atoms with E-state index in [2.05, 4.69) is 61.6 Å². The van der Waals surface area contributed by atoms with Gasteiger partial charge in [-0.2, -0.15) is 5.26 Å². The molecule has 2 aromatic rings. The van der Waals surface area contributed by atoms with Gasteiger partial charge >= 0.3 is 0 Å². The molecule has 21 heavy (non-hydrogen) atoms. The van der Waals surface area contributed by atoms with Crippen molar-refractivity contribution in [3.63, 3.8) is 0 Å². The number of hydrogen-bond donors (Lipinski definition) is 1. The van der Waals surface area contributed by atoms with E-state index < -0.39 is 0 Å². The van der Waals surface area contributed by atoms with Gasteiger partial charge in [0.15, 0.2) is 0 Å². The van der Waals surface area contributed by atoms with Crippen LogP contribution in [-0.4, -0.2) is 19.0 Å². The molecule has 2 aromatic carbocycles. The zero-order valence-corrected chi connectivity index (χ0v) is 12.8. The standard InChI is InChI=1S/C18H21N3/c1-14(17-8-4-6-15(10-17)12-19)20-18-9-5-7-16(11-18)13-21(2)3/h4-11,14,20H,13H2,1-3H3. The Morgan fingerprint density at radius 2 is 1.90 bits per heavy atom. The molecule has 0 saturated carbocycles. The number of nitrogens with zero attached hydrogens (tertiary/aromatic N) is 2. The summed E-state index contributed by atoms with van der Waals surface area (Å²) in [7, 11) is 4.13. The summed E-state index contributed by atoms with van der Waals surface area (Å²) in [5, 5.41) is 12.5. The molecule has 3 nitrogen and oxygen atoms in total. The second kappa shape index (κ2) is 6.92. The Bertz CT molecular complexity index is 641. The summed E-state index contributed by atoms with van der Waals surface area (Å²) in [6, 6.07) is 18.5. The van der Waals surface area contributed by atoms with E-state index >= 15 is 0 Å². The first kappa shape index (κ1) is 15.1. The fourth-order valence-electron chi connectivity index (χ4n) is 2.34. The summed E-state index contributed by atoms with van der Waals surface area (Å²) in [5.74, 6) is 0. The Balaban J connectivity index is 2.12.